The fraction of sp³-hybridized carbons (Fsp3) is 0.333. The average Bonchev–Trinajstić information content (AvgIpc) is 2.59. The number of nitrogens with zero attached hydrogens (tertiary/aromatic N) is 1. The molecule has 1 heterocycles. The van der Waals surface area contributed by atoms with Gasteiger partial charge in [0.1, 0.15) is 0 Å². The van der Waals surface area contributed by atoms with Crippen LogP contribution in [0.3, 0.4) is 0 Å². The molecule has 0 spiro atoms. The second-order valence-corrected chi connectivity index (χ2v) is 3.87. The smallest absolute Gasteiger partial charge is 0.276 e. The summed E-state index contributed by atoms with van der Waals surface area (Å²) in [5, 5.41) is 9.86. The van der Waals surface area contributed by atoms with Gasteiger partial charge in [0, 0.05) is 6.54 Å². The predicted molar refractivity (Wildman–Crippen MR) is 62.6 cm³/mol. The number of aliphatic hydroxyl groups is 1. The lowest BCUT2D eigenvalue weighted by Gasteiger charge is -2.15. The van der Waals surface area contributed by atoms with Crippen molar-refractivity contribution >= 4 is 11.8 Å². The molecule has 2 rings (SSSR count). The van der Waals surface area contributed by atoms with E-state index in [-0.39, 0.29) is 25.0 Å². The van der Waals surface area contributed by atoms with E-state index >= 15 is 0 Å². The number of hydrogen-bond acceptors (Lipinski definition) is 5. The van der Waals surface area contributed by atoms with Crippen LogP contribution < -0.4 is 5.43 Å². The van der Waals surface area contributed by atoms with Crippen LogP contribution in [-0.4, -0.2) is 41.4 Å². The number of carbonyl (C=O) groups is 2. The van der Waals surface area contributed by atoms with Gasteiger partial charge in [-0.3, -0.25) is 9.59 Å². The van der Waals surface area contributed by atoms with Crippen molar-refractivity contribution in [1.29, 1.82) is 0 Å². The SMILES string of the molecule is CC(O)OCCNN1C(=O)c2ccccc2C1=O. The van der Waals surface area contributed by atoms with Gasteiger partial charge in [-0.1, -0.05) is 12.1 Å². The summed E-state index contributed by atoms with van der Waals surface area (Å²) >= 11 is 0. The number of hydrogen-bond donors (Lipinski definition) is 2. The summed E-state index contributed by atoms with van der Waals surface area (Å²) < 4.78 is 4.89. The minimum absolute atomic E-state index is 0.199. The van der Waals surface area contributed by atoms with Crippen LogP contribution in [0.4, 0.5) is 0 Å². The zero-order valence-corrected chi connectivity index (χ0v) is 9.92. The highest BCUT2D eigenvalue weighted by atomic mass is 16.6. The van der Waals surface area contributed by atoms with Crippen LogP contribution >= 0.6 is 0 Å². The first kappa shape index (κ1) is 12.7. The molecule has 1 aromatic carbocycles. The molecule has 1 aliphatic heterocycles. The van der Waals surface area contributed by atoms with Crippen LogP contribution in [0.15, 0.2) is 24.3 Å². The Morgan fingerprint density at radius 3 is 2.33 bits per heavy atom. The Morgan fingerprint density at radius 2 is 1.83 bits per heavy atom. The first-order valence-corrected chi connectivity index (χ1v) is 5.62. The second kappa shape index (κ2) is 5.26. The molecule has 0 aliphatic carbocycles. The van der Waals surface area contributed by atoms with Gasteiger partial charge in [0.05, 0.1) is 17.7 Å². The van der Waals surface area contributed by atoms with Crippen LogP contribution in [0.2, 0.25) is 0 Å². The highest BCUT2D eigenvalue weighted by Gasteiger charge is 2.34. The van der Waals surface area contributed by atoms with Gasteiger partial charge in [-0.05, 0) is 19.1 Å². The molecule has 6 nitrogen and oxygen atoms in total. The van der Waals surface area contributed by atoms with Gasteiger partial charge in [0.15, 0.2) is 6.29 Å². The summed E-state index contributed by atoms with van der Waals surface area (Å²) in [5.74, 6) is -0.736. The quantitative estimate of drug-likeness (QED) is 0.441. The molecule has 6 heteroatoms. The molecule has 0 aromatic heterocycles. The maximum absolute atomic E-state index is 11.9. The Balaban J connectivity index is 1.97. The van der Waals surface area contributed by atoms with E-state index in [2.05, 4.69) is 5.43 Å². The largest absolute Gasteiger partial charge is 0.368 e. The van der Waals surface area contributed by atoms with Gasteiger partial charge in [0.2, 0.25) is 0 Å². The number of hydrazine groups is 1. The first-order chi connectivity index (χ1) is 8.61. The van der Waals surface area contributed by atoms with Crippen LogP contribution in [0, 0.1) is 0 Å². The van der Waals surface area contributed by atoms with Crippen molar-refractivity contribution < 1.29 is 19.4 Å². The topological polar surface area (TPSA) is 78.9 Å². The van der Waals surface area contributed by atoms with Crippen molar-refractivity contribution in [3.05, 3.63) is 35.4 Å². The Bertz CT molecular complexity index is 438. The summed E-state index contributed by atoms with van der Waals surface area (Å²) in [7, 11) is 0. The molecule has 0 bridgehead atoms. The van der Waals surface area contributed by atoms with Gasteiger partial charge in [-0.25, -0.2) is 10.4 Å². The summed E-state index contributed by atoms with van der Waals surface area (Å²) in [4.78, 5) is 23.8. The number of amides is 2. The van der Waals surface area contributed by atoms with E-state index in [1.54, 1.807) is 24.3 Å². The van der Waals surface area contributed by atoms with Crippen LogP contribution in [0.25, 0.3) is 0 Å². The molecule has 0 saturated carbocycles. The standard InChI is InChI=1S/C12H14N2O4/c1-8(15)18-7-6-13-14-11(16)9-4-2-3-5-10(9)12(14)17/h2-5,8,13,15H,6-7H2,1H3. The highest BCUT2D eigenvalue weighted by Crippen LogP contribution is 2.20. The molecular weight excluding hydrogens is 236 g/mol. The number of nitrogens with one attached hydrogen (secondary N) is 1. The number of rotatable bonds is 5. The Labute approximate surface area is 104 Å². The molecule has 0 radical (unpaired) electrons. The lowest BCUT2D eigenvalue weighted by atomic mass is 10.1. The summed E-state index contributed by atoms with van der Waals surface area (Å²) in [6.45, 7) is 1.95. The first-order valence-electron chi connectivity index (χ1n) is 5.62. The van der Waals surface area contributed by atoms with E-state index in [0.29, 0.717) is 11.1 Å². The molecule has 0 fully saturated rings. The van der Waals surface area contributed by atoms with Crippen molar-refractivity contribution in [3.8, 4) is 0 Å². The molecule has 1 aromatic rings. The van der Waals surface area contributed by atoms with Crippen molar-refractivity contribution in [3.63, 3.8) is 0 Å². The Morgan fingerprint density at radius 1 is 1.28 bits per heavy atom. The van der Waals surface area contributed by atoms with Crippen LogP contribution in [0.5, 0.6) is 0 Å². The lowest BCUT2D eigenvalue weighted by molar-refractivity contribution is -0.0850. The minimum atomic E-state index is -0.867. The van der Waals surface area contributed by atoms with E-state index in [9.17, 15) is 9.59 Å². The van der Waals surface area contributed by atoms with Gasteiger partial charge in [-0.2, -0.15) is 0 Å². The van der Waals surface area contributed by atoms with E-state index in [1.165, 1.54) is 6.92 Å². The van der Waals surface area contributed by atoms with Crippen LogP contribution in [0.1, 0.15) is 27.6 Å². The van der Waals surface area contributed by atoms with Gasteiger partial charge in [-0.15, -0.1) is 0 Å². The van der Waals surface area contributed by atoms with Gasteiger partial charge in [0.25, 0.3) is 11.8 Å². The molecule has 2 amide bonds. The molecule has 1 unspecified atom stereocenters. The number of imide groups is 1. The van der Waals surface area contributed by atoms with Crippen molar-refractivity contribution in [2.75, 3.05) is 13.2 Å². The predicted octanol–water partition coefficient (Wildman–Crippen LogP) is 0.142. The molecule has 0 saturated heterocycles. The summed E-state index contributed by atoms with van der Waals surface area (Å²) in [6.07, 6.45) is -0.867. The number of ether oxygens (including phenoxy) is 1. The third-order valence-electron chi connectivity index (χ3n) is 2.53. The molecular formula is C12H14N2O4. The van der Waals surface area contributed by atoms with Crippen LogP contribution in [-0.2, 0) is 4.74 Å². The number of benzene rings is 1. The molecule has 18 heavy (non-hydrogen) atoms. The normalized spacial score (nSPS) is 16.0. The third-order valence-corrected chi connectivity index (χ3v) is 2.53. The zero-order chi connectivity index (χ0) is 13.1. The lowest BCUT2D eigenvalue weighted by Crippen LogP contribution is -2.44. The Hall–Kier alpha value is -1.76. The average molecular weight is 250 g/mol. The van der Waals surface area contributed by atoms with Crippen molar-refractivity contribution in [2.24, 2.45) is 0 Å². The maximum atomic E-state index is 11.9. The third kappa shape index (κ3) is 2.40. The molecule has 96 valence electrons. The van der Waals surface area contributed by atoms with E-state index in [1.807, 2.05) is 0 Å². The van der Waals surface area contributed by atoms with Crippen molar-refractivity contribution in [1.82, 2.24) is 10.4 Å². The molecule has 1 atom stereocenters. The monoisotopic (exact) mass is 250 g/mol. The van der Waals surface area contributed by atoms with Gasteiger partial charge >= 0.3 is 0 Å². The molecule has 1 aliphatic rings. The Kier molecular flexibility index (Phi) is 3.71. The summed E-state index contributed by atoms with van der Waals surface area (Å²) in [5.41, 5.74) is 3.47. The maximum Gasteiger partial charge on any atom is 0.276 e. The minimum Gasteiger partial charge on any atom is -0.368 e. The van der Waals surface area contributed by atoms with Gasteiger partial charge < -0.3 is 9.84 Å². The zero-order valence-electron chi connectivity index (χ0n) is 9.92. The number of carbonyl (C=O) groups excluding carboxylic acids is 2. The number of fused-ring (bicyclic) bond motifs is 1. The number of aliphatic hydroxyl groups excluding tert-OH is 1. The van der Waals surface area contributed by atoms with Crippen molar-refractivity contribution in [2.45, 2.75) is 13.2 Å². The van der Waals surface area contributed by atoms with E-state index in [0.717, 1.165) is 5.01 Å². The molecule has 2 N–H and O–H groups in total. The fourth-order valence-electron chi connectivity index (χ4n) is 1.72. The summed E-state index contributed by atoms with van der Waals surface area (Å²) in [6, 6.07) is 6.65. The van der Waals surface area contributed by atoms with E-state index in [4.69, 9.17) is 9.84 Å². The van der Waals surface area contributed by atoms with E-state index < -0.39 is 6.29 Å². The fourth-order valence-corrected chi connectivity index (χ4v) is 1.72. The highest BCUT2D eigenvalue weighted by molar-refractivity contribution is 6.20. The second-order valence-electron chi connectivity index (χ2n) is 3.87.